The summed E-state index contributed by atoms with van der Waals surface area (Å²) in [4.78, 5) is 17.9. The van der Waals surface area contributed by atoms with E-state index in [1.165, 1.54) is 16.8 Å². The number of aryl methyl sites for hydroxylation is 1. The highest BCUT2D eigenvalue weighted by molar-refractivity contribution is 5.86. The second-order valence-corrected chi connectivity index (χ2v) is 13.5. The highest BCUT2D eigenvalue weighted by Gasteiger charge is 2.46. The van der Waals surface area contributed by atoms with E-state index in [9.17, 15) is 23.4 Å². The van der Waals surface area contributed by atoms with Crippen LogP contribution in [0.4, 0.5) is 19.0 Å². The Morgan fingerprint density at radius 3 is 2.56 bits per heavy atom. The largest absolute Gasteiger partial charge is 0.401 e. The standard InChI is InChI=1S/C31H40F3N7O2/c1-30(2,3)19-5-6-22-23(13-19)39-25(38-22)7-4-17-10-20(11-17)40(15-31(32,33)34)14-18-12-24(27(43)26(18)42)41-9-8-21-28(35)36-16-37-29(21)41/h5-6,8-9,13,16-18,20,24,26-27,42-43H,4,7,10-12,14-15H2,1-3H3,(H,38,39)(H2,35,36,37)/t17-,18-,20-,24-,26-,27+/m1/s1. The van der Waals surface area contributed by atoms with Crippen LogP contribution in [0.15, 0.2) is 36.8 Å². The fourth-order valence-electron chi connectivity index (χ4n) is 6.91. The second kappa shape index (κ2) is 11.0. The van der Waals surface area contributed by atoms with Crippen LogP contribution in [-0.2, 0) is 11.8 Å². The number of aliphatic hydroxyl groups excluding tert-OH is 2. The number of anilines is 1. The van der Waals surface area contributed by atoms with Gasteiger partial charge in [0.15, 0.2) is 0 Å². The maximum absolute atomic E-state index is 13.7. The van der Waals surface area contributed by atoms with Gasteiger partial charge in [0.2, 0.25) is 0 Å². The normalized spacial score (nSPS) is 26.5. The molecule has 2 aliphatic carbocycles. The van der Waals surface area contributed by atoms with E-state index in [1.807, 2.05) is 0 Å². The van der Waals surface area contributed by atoms with Gasteiger partial charge in [-0.25, -0.2) is 15.0 Å². The van der Waals surface area contributed by atoms with Crippen molar-refractivity contribution in [2.45, 2.75) is 88.8 Å². The first-order valence-corrected chi connectivity index (χ1v) is 15.0. The molecule has 3 aromatic heterocycles. The van der Waals surface area contributed by atoms with Gasteiger partial charge < -0.3 is 25.5 Å². The molecule has 4 atom stereocenters. The molecule has 0 bridgehead atoms. The quantitative estimate of drug-likeness (QED) is 0.230. The lowest BCUT2D eigenvalue weighted by Crippen LogP contribution is -2.51. The number of H-pyrrole nitrogens is 1. The summed E-state index contributed by atoms with van der Waals surface area (Å²) in [5.41, 5.74) is 9.65. The van der Waals surface area contributed by atoms with Gasteiger partial charge in [0.25, 0.3) is 0 Å². The molecule has 6 rings (SSSR count). The monoisotopic (exact) mass is 599 g/mol. The van der Waals surface area contributed by atoms with Crippen LogP contribution in [0.3, 0.4) is 0 Å². The van der Waals surface area contributed by atoms with Crippen LogP contribution < -0.4 is 5.73 Å². The van der Waals surface area contributed by atoms with E-state index in [0.717, 1.165) is 29.7 Å². The maximum Gasteiger partial charge on any atom is 0.401 e. The zero-order chi connectivity index (χ0) is 30.7. The molecule has 0 radical (unpaired) electrons. The predicted molar refractivity (Wildman–Crippen MR) is 158 cm³/mol. The van der Waals surface area contributed by atoms with E-state index in [-0.39, 0.29) is 18.0 Å². The first-order valence-electron chi connectivity index (χ1n) is 15.0. The summed E-state index contributed by atoms with van der Waals surface area (Å²) in [6.45, 7) is 5.52. The molecule has 9 nitrogen and oxygen atoms in total. The minimum Gasteiger partial charge on any atom is -0.390 e. The zero-order valence-corrected chi connectivity index (χ0v) is 24.7. The number of nitrogen functional groups attached to an aromatic ring is 1. The molecule has 0 aliphatic heterocycles. The first-order chi connectivity index (χ1) is 20.3. The van der Waals surface area contributed by atoms with Crippen LogP contribution in [0.25, 0.3) is 22.1 Å². The van der Waals surface area contributed by atoms with Crippen LogP contribution in [0.5, 0.6) is 0 Å². The number of nitrogens with zero attached hydrogens (tertiary/aromatic N) is 5. The first kappa shape index (κ1) is 29.8. The highest BCUT2D eigenvalue weighted by Crippen LogP contribution is 2.41. The number of nitrogens with two attached hydrogens (primary N) is 1. The third-order valence-electron chi connectivity index (χ3n) is 9.43. The SMILES string of the molecule is CC(C)(C)c1ccc2[nH]c(CC[C@H]3C[C@H](N(C[C@H]4C[C@@H](n5ccc6c(N)ncnc65)[C@H](O)[C@@H]4O)CC(F)(F)F)C3)nc2c1. The van der Waals surface area contributed by atoms with E-state index in [0.29, 0.717) is 42.0 Å². The fourth-order valence-corrected chi connectivity index (χ4v) is 6.91. The summed E-state index contributed by atoms with van der Waals surface area (Å²) in [5, 5.41) is 22.5. The number of imidazole rings is 1. The van der Waals surface area contributed by atoms with Crippen LogP contribution in [-0.4, -0.2) is 77.1 Å². The molecule has 0 unspecified atom stereocenters. The Morgan fingerprint density at radius 2 is 1.84 bits per heavy atom. The smallest absolute Gasteiger partial charge is 0.390 e. The number of nitrogens with one attached hydrogen (secondary N) is 1. The van der Waals surface area contributed by atoms with Crippen molar-refractivity contribution in [2.75, 3.05) is 18.8 Å². The molecule has 4 aromatic rings. The number of aromatic nitrogens is 5. The Kier molecular flexibility index (Phi) is 7.67. The summed E-state index contributed by atoms with van der Waals surface area (Å²) < 4.78 is 42.7. The van der Waals surface area contributed by atoms with Gasteiger partial charge in [-0.15, -0.1) is 0 Å². The molecule has 0 spiro atoms. The molecule has 1 aromatic carbocycles. The van der Waals surface area contributed by atoms with Crippen LogP contribution in [0, 0.1) is 11.8 Å². The molecule has 2 fully saturated rings. The van der Waals surface area contributed by atoms with E-state index in [1.54, 1.807) is 16.8 Å². The number of hydrogen-bond acceptors (Lipinski definition) is 7. The van der Waals surface area contributed by atoms with Crippen molar-refractivity contribution in [3.63, 3.8) is 0 Å². The Bertz CT molecular complexity index is 1590. The van der Waals surface area contributed by atoms with Crippen LogP contribution >= 0.6 is 0 Å². The molecule has 43 heavy (non-hydrogen) atoms. The molecule has 3 heterocycles. The second-order valence-electron chi connectivity index (χ2n) is 13.5. The summed E-state index contributed by atoms with van der Waals surface area (Å²) >= 11 is 0. The van der Waals surface area contributed by atoms with Crippen molar-refractivity contribution in [1.82, 2.24) is 29.4 Å². The lowest BCUT2D eigenvalue weighted by molar-refractivity contribution is -0.160. The van der Waals surface area contributed by atoms with E-state index < -0.39 is 36.9 Å². The van der Waals surface area contributed by atoms with Gasteiger partial charge in [0.1, 0.15) is 29.7 Å². The summed E-state index contributed by atoms with van der Waals surface area (Å²) in [5.74, 6) is 0.989. The summed E-state index contributed by atoms with van der Waals surface area (Å²) in [7, 11) is 0. The van der Waals surface area contributed by atoms with Gasteiger partial charge in [0, 0.05) is 31.1 Å². The number of alkyl halides is 3. The van der Waals surface area contributed by atoms with Gasteiger partial charge >= 0.3 is 6.18 Å². The van der Waals surface area contributed by atoms with E-state index >= 15 is 0 Å². The average molecular weight is 600 g/mol. The number of aromatic amines is 1. The van der Waals surface area contributed by atoms with E-state index in [2.05, 4.69) is 53.9 Å². The van der Waals surface area contributed by atoms with Gasteiger partial charge in [-0.05, 0) is 60.8 Å². The van der Waals surface area contributed by atoms with Crippen LogP contribution in [0.2, 0.25) is 0 Å². The van der Waals surface area contributed by atoms with Crippen molar-refractivity contribution in [3.8, 4) is 0 Å². The van der Waals surface area contributed by atoms with Crippen molar-refractivity contribution >= 4 is 27.9 Å². The van der Waals surface area contributed by atoms with Crippen molar-refractivity contribution in [3.05, 3.63) is 48.2 Å². The molecule has 2 saturated carbocycles. The number of aliphatic hydroxyl groups is 2. The van der Waals surface area contributed by atoms with Gasteiger partial charge in [0.05, 0.1) is 35.1 Å². The molecular formula is C31H40F3N7O2. The third-order valence-corrected chi connectivity index (χ3v) is 9.43. The lowest BCUT2D eigenvalue weighted by Gasteiger charge is -2.44. The van der Waals surface area contributed by atoms with Crippen molar-refractivity contribution in [2.24, 2.45) is 11.8 Å². The van der Waals surface area contributed by atoms with Crippen molar-refractivity contribution in [1.29, 1.82) is 0 Å². The Labute approximate surface area is 248 Å². The van der Waals surface area contributed by atoms with E-state index in [4.69, 9.17) is 10.7 Å². The van der Waals surface area contributed by atoms with Gasteiger partial charge in [-0.1, -0.05) is 26.8 Å². The fraction of sp³-hybridized carbons (Fsp3) is 0.581. The molecule has 2 aliphatic rings. The number of benzene rings is 1. The average Bonchev–Trinajstić information content (AvgIpc) is 3.58. The molecule has 0 saturated heterocycles. The van der Waals surface area contributed by atoms with Gasteiger partial charge in [-0.3, -0.25) is 4.90 Å². The minimum absolute atomic E-state index is 0.0319. The predicted octanol–water partition coefficient (Wildman–Crippen LogP) is 4.75. The Hall–Kier alpha value is -3.22. The number of rotatable bonds is 8. The summed E-state index contributed by atoms with van der Waals surface area (Å²) in [6.07, 6.45) is -0.351. The maximum atomic E-state index is 13.7. The van der Waals surface area contributed by atoms with Gasteiger partial charge in [-0.2, -0.15) is 13.2 Å². The molecule has 0 amide bonds. The molecular weight excluding hydrogens is 559 g/mol. The molecule has 232 valence electrons. The minimum atomic E-state index is -4.36. The summed E-state index contributed by atoms with van der Waals surface area (Å²) in [6, 6.07) is 7.28. The van der Waals surface area contributed by atoms with Crippen LogP contribution in [0.1, 0.15) is 63.9 Å². The Morgan fingerprint density at radius 1 is 1.07 bits per heavy atom. The third kappa shape index (κ3) is 6.09. The zero-order valence-electron chi connectivity index (χ0n) is 24.7. The van der Waals surface area contributed by atoms with Crippen molar-refractivity contribution < 1.29 is 23.4 Å². The molecule has 12 heteroatoms. The number of hydrogen-bond donors (Lipinski definition) is 4. The molecule has 5 N–H and O–H groups in total. The Balaban J connectivity index is 1.08. The number of fused-ring (bicyclic) bond motifs is 2. The topological polar surface area (TPSA) is 129 Å². The highest BCUT2D eigenvalue weighted by atomic mass is 19.4. The lowest BCUT2D eigenvalue weighted by atomic mass is 9.76. The number of halogens is 3.